The van der Waals surface area contributed by atoms with Gasteiger partial charge in [0.05, 0.1) is 17.7 Å². The summed E-state index contributed by atoms with van der Waals surface area (Å²) < 4.78 is 5.17. The third-order valence-corrected chi connectivity index (χ3v) is 2.79. The third-order valence-electron chi connectivity index (χ3n) is 2.79. The van der Waals surface area contributed by atoms with E-state index < -0.39 is 4.92 Å². The van der Waals surface area contributed by atoms with Gasteiger partial charge >= 0.3 is 0 Å². The lowest BCUT2D eigenvalue weighted by molar-refractivity contribution is -0.384. The predicted molar refractivity (Wildman–Crippen MR) is 81.3 cm³/mol. The lowest BCUT2D eigenvalue weighted by Gasteiger charge is -2.03. The normalized spacial score (nSPS) is 10.3. The lowest BCUT2D eigenvalue weighted by atomic mass is 10.2. The van der Waals surface area contributed by atoms with E-state index in [1.54, 1.807) is 24.3 Å². The van der Waals surface area contributed by atoms with Gasteiger partial charge in [0.15, 0.2) is 0 Å². The highest BCUT2D eigenvalue weighted by molar-refractivity contribution is 5.86. The number of ether oxygens (including phenoxy) is 1. The quantitative estimate of drug-likeness (QED) is 0.373. The van der Waals surface area contributed by atoms with Crippen molar-refractivity contribution in [3.05, 3.63) is 63.7 Å². The van der Waals surface area contributed by atoms with Gasteiger partial charge in [0.2, 0.25) is 0 Å². The van der Waals surface area contributed by atoms with Crippen LogP contribution in [0.4, 0.5) is 11.4 Å². The van der Waals surface area contributed by atoms with Crippen LogP contribution in [0.25, 0.3) is 0 Å². The number of benzene rings is 2. The van der Waals surface area contributed by atoms with E-state index in [0.29, 0.717) is 17.0 Å². The maximum Gasteiger partial charge on any atom is 0.270 e. The molecular weight excluding hydrogens is 268 g/mol. The van der Waals surface area contributed by atoms with Gasteiger partial charge in [0.25, 0.3) is 5.69 Å². The second-order valence-electron chi connectivity index (χ2n) is 4.14. The number of hydrogen-bond donors (Lipinski definition) is 0. The molecule has 5 nitrogen and oxygen atoms in total. The average Bonchev–Trinajstić information content (AvgIpc) is 2.52. The van der Waals surface area contributed by atoms with Crippen molar-refractivity contribution < 1.29 is 9.66 Å². The molecule has 0 heterocycles. The molecule has 0 fully saturated rings. The number of nitro groups is 1. The Morgan fingerprint density at radius 3 is 2.81 bits per heavy atom. The van der Waals surface area contributed by atoms with Crippen molar-refractivity contribution in [3.63, 3.8) is 0 Å². The molecule has 0 unspecified atom stereocenters. The molecule has 2 aromatic rings. The van der Waals surface area contributed by atoms with Crippen LogP contribution in [0.15, 0.2) is 47.5 Å². The Morgan fingerprint density at radius 2 is 2.14 bits per heavy atom. The first-order valence-corrected chi connectivity index (χ1v) is 6.07. The molecule has 0 aromatic heterocycles. The zero-order valence-corrected chi connectivity index (χ0v) is 11.3. The van der Waals surface area contributed by atoms with Crippen LogP contribution in [0.1, 0.15) is 11.1 Å². The minimum Gasteiger partial charge on any atom is -0.496 e. The van der Waals surface area contributed by atoms with Crippen LogP contribution in [0.2, 0.25) is 0 Å². The number of non-ortho nitro benzene ring substituents is 1. The molecule has 104 valence electrons. The van der Waals surface area contributed by atoms with Crippen LogP contribution < -0.4 is 4.74 Å². The third kappa shape index (κ3) is 3.45. The topological polar surface area (TPSA) is 64.7 Å². The van der Waals surface area contributed by atoms with Crippen LogP contribution in [0, 0.1) is 22.5 Å². The molecule has 0 aliphatic heterocycles. The summed E-state index contributed by atoms with van der Waals surface area (Å²) in [6.07, 6.45) is 6.84. The van der Waals surface area contributed by atoms with E-state index in [1.807, 2.05) is 0 Å². The van der Waals surface area contributed by atoms with Crippen LogP contribution in [0.5, 0.6) is 5.75 Å². The summed E-state index contributed by atoms with van der Waals surface area (Å²) in [5.74, 6) is 3.04. The molecule has 0 radical (unpaired) electrons. The minimum absolute atomic E-state index is 0.0189. The second-order valence-corrected chi connectivity index (χ2v) is 4.14. The van der Waals surface area contributed by atoms with Crippen molar-refractivity contribution in [1.82, 2.24) is 0 Å². The molecule has 2 rings (SSSR count). The van der Waals surface area contributed by atoms with Gasteiger partial charge in [-0.25, -0.2) is 0 Å². The van der Waals surface area contributed by atoms with Crippen molar-refractivity contribution >= 4 is 17.6 Å². The van der Waals surface area contributed by atoms with Crippen molar-refractivity contribution in [2.45, 2.75) is 0 Å². The SMILES string of the molecule is C#Cc1cccc(N=Cc2cc([N+](=O)[O-])ccc2OC)c1. The van der Waals surface area contributed by atoms with Crippen molar-refractivity contribution in [1.29, 1.82) is 0 Å². The fourth-order valence-corrected chi connectivity index (χ4v) is 1.76. The molecule has 0 saturated heterocycles. The molecular formula is C16H12N2O3. The summed E-state index contributed by atoms with van der Waals surface area (Å²) >= 11 is 0. The predicted octanol–water partition coefficient (Wildman–Crippen LogP) is 3.34. The first-order chi connectivity index (χ1) is 10.1. The molecule has 21 heavy (non-hydrogen) atoms. The number of methoxy groups -OCH3 is 1. The number of terminal acetylenes is 1. The summed E-state index contributed by atoms with van der Waals surface area (Å²) in [7, 11) is 1.50. The maximum atomic E-state index is 10.8. The van der Waals surface area contributed by atoms with Gasteiger partial charge in [-0.3, -0.25) is 15.1 Å². The monoisotopic (exact) mass is 280 g/mol. The largest absolute Gasteiger partial charge is 0.496 e. The van der Waals surface area contributed by atoms with E-state index in [-0.39, 0.29) is 5.69 Å². The summed E-state index contributed by atoms with van der Waals surface area (Å²) in [5.41, 5.74) is 1.89. The Hall–Kier alpha value is -3.13. The fourth-order valence-electron chi connectivity index (χ4n) is 1.76. The molecule has 0 aliphatic rings. The van der Waals surface area contributed by atoms with Gasteiger partial charge in [-0.2, -0.15) is 0 Å². The van der Waals surface area contributed by atoms with Gasteiger partial charge < -0.3 is 4.74 Å². The first kappa shape index (κ1) is 14.3. The minimum atomic E-state index is -0.463. The van der Waals surface area contributed by atoms with E-state index >= 15 is 0 Å². The highest BCUT2D eigenvalue weighted by Gasteiger charge is 2.09. The second kappa shape index (κ2) is 6.35. The molecule has 0 aliphatic carbocycles. The molecule has 2 aromatic carbocycles. The molecule has 0 N–H and O–H groups in total. The van der Waals surface area contributed by atoms with Crippen LogP contribution in [0.3, 0.4) is 0 Å². The van der Waals surface area contributed by atoms with Gasteiger partial charge in [-0.15, -0.1) is 6.42 Å². The number of hydrogen-bond acceptors (Lipinski definition) is 4. The Kier molecular flexibility index (Phi) is 4.32. The summed E-state index contributed by atoms with van der Waals surface area (Å²) in [6, 6.07) is 11.5. The van der Waals surface area contributed by atoms with Gasteiger partial charge in [0, 0.05) is 29.5 Å². The number of nitro benzene ring substituents is 1. The number of aliphatic imine (C=N–C) groups is 1. The number of nitrogens with zero attached hydrogens (tertiary/aromatic N) is 2. The zero-order valence-electron chi connectivity index (χ0n) is 11.3. The molecule has 0 bridgehead atoms. The summed E-state index contributed by atoms with van der Waals surface area (Å²) in [4.78, 5) is 14.6. The maximum absolute atomic E-state index is 10.8. The molecule has 0 atom stereocenters. The summed E-state index contributed by atoms with van der Waals surface area (Å²) in [5, 5.41) is 10.8. The van der Waals surface area contributed by atoms with E-state index in [2.05, 4.69) is 10.9 Å². The Bertz CT molecular complexity index is 745. The van der Waals surface area contributed by atoms with E-state index in [9.17, 15) is 10.1 Å². The fraction of sp³-hybridized carbons (Fsp3) is 0.0625. The van der Waals surface area contributed by atoms with Crippen LogP contribution >= 0.6 is 0 Å². The van der Waals surface area contributed by atoms with Crippen molar-refractivity contribution in [2.24, 2.45) is 4.99 Å². The van der Waals surface area contributed by atoms with E-state index in [0.717, 1.165) is 5.56 Å². The standard InChI is InChI=1S/C16H12N2O3/c1-3-12-5-4-6-14(9-12)17-11-13-10-15(18(19)20)7-8-16(13)21-2/h1,4-11H,2H3. The Labute approximate surface area is 122 Å². The average molecular weight is 280 g/mol. The van der Waals surface area contributed by atoms with Crippen molar-refractivity contribution in [3.8, 4) is 18.1 Å². The van der Waals surface area contributed by atoms with Crippen LogP contribution in [-0.2, 0) is 0 Å². The van der Waals surface area contributed by atoms with E-state index in [4.69, 9.17) is 11.2 Å². The highest BCUT2D eigenvalue weighted by atomic mass is 16.6. The van der Waals surface area contributed by atoms with Gasteiger partial charge in [-0.1, -0.05) is 12.0 Å². The number of rotatable bonds is 4. The summed E-state index contributed by atoms with van der Waals surface area (Å²) in [6.45, 7) is 0. The first-order valence-electron chi connectivity index (χ1n) is 6.07. The molecule has 0 amide bonds. The highest BCUT2D eigenvalue weighted by Crippen LogP contribution is 2.23. The molecule has 5 heteroatoms. The molecule has 0 spiro atoms. The smallest absolute Gasteiger partial charge is 0.270 e. The lowest BCUT2D eigenvalue weighted by Crippen LogP contribution is -1.94. The van der Waals surface area contributed by atoms with Gasteiger partial charge in [0.1, 0.15) is 5.75 Å². The molecule has 0 saturated carbocycles. The van der Waals surface area contributed by atoms with E-state index in [1.165, 1.54) is 31.5 Å². The Balaban J connectivity index is 2.37. The van der Waals surface area contributed by atoms with Crippen molar-refractivity contribution in [2.75, 3.05) is 7.11 Å². The zero-order chi connectivity index (χ0) is 15.2. The van der Waals surface area contributed by atoms with Crippen LogP contribution in [-0.4, -0.2) is 18.2 Å². The Morgan fingerprint density at radius 1 is 1.33 bits per heavy atom. The van der Waals surface area contributed by atoms with Gasteiger partial charge in [-0.05, 0) is 24.3 Å².